The fourth-order valence-corrected chi connectivity index (χ4v) is 1.56. The smallest absolute Gasteiger partial charge is 0.161 e. The van der Waals surface area contributed by atoms with Crippen LogP contribution in [0.3, 0.4) is 0 Å². The second-order valence-corrected chi connectivity index (χ2v) is 3.51. The molecule has 0 atom stereocenters. The van der Waals surface area contributed by atoms with E-state index in [1.54, 1.807) is 14.2 Å². The summed E-state index contributed by atoms with van der Waals surface area (Å²) in [7, 11) is 3.24. The van der Waals surface area contributed by atoms with Crippen molar-refractivity contribution in [3.63, 3.8) is 0 Å². The Labute approximate surface area is 94.2 Å². The Bertz CT molecular complexity index is 492. The summed E-state index contributed by atoms with van der Waals surface area (Å²) in [6.07, 6.45) is 0. The van der Waals surface area contributed by atoms with Crippen LogP contribution in [0.2, 0.25) is 0 Å². The number of ether oxygens (including phenoxy) is 2. The predicted molar refractivity (Wildman–Crippen MR) is 61.9 cm³/mol. The minimum absolute atomic E-state index is 0.709. The van der Waals surface area contributed by atoms with Gasteiger partial charge in [-0.1, -0.05) is 0 Å². The van der Waals surface area contributed by atoms with E-state index in [0.717, 1.165) is 22.7 Å². The lowest BCUT2D eigenvalue weighted by molar-refractivity contribution is 0.355. The van der Waals surface area contributed by atoms with Crippen molar-refractivity contribution in [2.75, 3.05) is 14.2 Å². The first-order valence-electron chi connectivity index (χ1n) is 4.99. The monoisotopic (exact) mass is 218 g/mol. The number of H-pyrrole nitrogens is 1. The van der Waals surface area contributed by atoms with Crippen molar-refractivity contribution in [1.29, 1.82) is 0 Å². The summed E-state index contributed by atoms with van der Waals surface area (Å²) in [4.78, 5) is 0. The summed E-state index contributed by atoms with van der Waals surface area (Å²) in [5.74, 6) is 1.43. The van der Waals surface area contributed by atoms with Crippen LogP contribution in [-0.4, -0.2) is 24.4 Å². The van der Waals surface area contributed by atoms with Gasteiger partial charge in [0.05, 0.1) is 19.9 Å². The third kappa shape index (κ3) is 1.86. The number of nitrogens with zero attached hydrogens (tertiary/aromatic N) is 1. The zero-order valence-corrected chi connectivity index (χ0v) is 9.57. The lowest BCUT2D eigenvalue weighted by Crippen LogP contribution is -1.90. The van der Waals surface area contributed by atoms with E-state index in [9.17, 15) is 0 Å². The Morgan fingerprint density at radius 1 is 1.06 bits per heavy atom. The Morgan fingerprint density at radius 2 is 1.81 bits per heavy atom. The summed E-state index contributed by atoms with van der Waals surface area (Å²) >= 11 is 0. The summed E-state index contributed by atoms with van der Waals surface area (Å²) in [5.41, 5.74) is 2.94. The molecule has 0 aliphatic rings. The van der Waals surface area contributed by atoms with E-state index < -0.39 is 0 Å². The molecule has 0 aliphatic heterocycles. The van der Waals surface area contributed by atoms with Crippen molar-refractivity contribution in [3.8, 4) is 22.8 Å². The molecule has 0 aliphatic carbocycles. The van der Waals surface area contributed by atoms with Crippen LogP contribution < -0.4 is 9.47 Å². The minimum Gasteiger partial charge on any atom is -0.493 e. The summed E-state index contributed by atoms with van der Waals surface area (Å²) in [6, 6.07) is 7.73. The van der Waals surface area contributed by atoms with Gasteiger partial charge in [0.2, 0.25) is 0 Å². The molecule has 2 aromatic rings. The van der Waals surface area contributed by atoms with E-state index in [4.69, 9.17) is 9.47 Å². The average Bonchev–Trinajstić information content (AvgIpc) is 2.75. The predicted octanol–water partition coefficient (Wildman–Crippen LogP) is 2.40. The van der Waals surface area contributed by atoms with Crippen LogP contribution in [0, 0.1) is 6.92 Å². The lowest BCUT2D eigenvalue weighted by atomic mass is 10.1. The highest BCUT2D eigenvalue weighted by molar-refractivity contribution is 5.64. The molecule has 1 N–H and O–H groups in total. The summed E-state index contributed by atoms with van der Waals surface area (Å²) in [6.45, 7) is 1.97. The van der Waals surface area contributed by atoms with Gasteiger partial charge in [-0.2, -0.15) is 5.10 Å². The van der Waals surface area contributed by atoms with E-state index in [-0.39, 0.29) is 0 Å². The van der Waals surface area contributed by atoms with Crippen molar-refractivity contribution in [2.24, 2.45) is 0 Å². The first-order valence-corrected chi connectivity index (χ1v) is 4.99. The molecular formula is C12H14N2O2. The van der Waals surface area contributed by atoms with Gasteiger partial charge in [0.25, 0.3) is 0 Å². The zero-order chi connectivity index (χ0) is 11.5. The van der Waals surface area contributed by atoms with E-state index in [1.165, 1.54) is 0 Å². The molecule has 1 aromatic heterocycles. The molecule has 84 valence electrons. The normalized spacial score (nSPS) is 10.2. The largest absolute Gasteiger partial charge is 0.493 e. The fraction of sp³-hybridized carbons (Fsp3) is 0.250. The van der Waals surface area contributed by atoms with Gasteiger partial charge in [-0.3, -0.25) is 5.10 Å². The molecule has 0 fully saturated rings. The van der Waals surface area contributed by atoms with Gasteiger partial charge in [-0.05, 0) is 31.2 Å². The number of rotatable bonds is 3. The topological polar surface area (TPSA) is 47.1 Å². The maximum atomic E-state index is 5.24. The second-order valence-electron chi connectivity index (χ2n) is 3.51. The first kappa shape index (κ1) is 10.5. The van der Waals surface area contributed by atoms with Crippen LogP contribution in [-0.2, 0) is 0 Å². The highest BCUT2D eigenvalue weighted by Gasteiger charge is 2.07. The van der Waals surface area contributed by atoms with Gasteiger partial charge in [0, 0.05) is 11.3 Å². The first-order chi connectivity index (χ1) is 7.74. The lowest BCUT2D eigenvalue weighted by Gasteiger charge is -2.08. The molecule has 4 nitrogen and oxygen atoms in total. The molecule has 4 heteroatoms. The Hall–Kier alpha value is -1.97. The quantitative estimate of drug-likeness (QED) is 0.860. The van der Waals surface area contributed by atoms with Crippen molar-refractivity contribution in [2.45, 2.75) is 6.92 Å². The number of nitrogens with one attached hydrogen (secondary N) is 1. The van der Waals surface area contributed by atoms with Crippen LogP contribution in [0.4, 0.5) is 0 Å². The molecule has 0 saturated carbocycles. The molecule has 2 rings (SSSR count). The van der Waals surface area contributed by atoms with E-state index >= 15 is 0 Å². The Balaban J connectivity index is 2.43. The molecule has 1 heterocycles. The van der Waals surface area contributed by atoms with E-state index in [2.05, 4.69) is 10.2 Å². The van der Waals surface area contributed by atoms with Gasteiger partial charge in [0.1, 0.15) is 0 Å². The van der Waals surface area contributed by atoms with Gasteiger partial charge < -0.3 is 9.47 Å². The van der Waals surface area contributed by atoms with Gasteiger partial charge in [-0.25, -0.2) is 0 Å². The molecule has 0 saturated heterocycles. The number of aromatic nitrogens is 2. The Kier molecular flexibility index (Phi) is 2.81. The van der Waals surface area contributed by atoms with Crippen LogP contribution in [0.5, 0.6) is 11.5 Å². The van der Waals surface area contributed by atoms with Crippen molar-refractivity contribution in [3.05, 3.63) is 30.0 Å². The molecule has 0 amide bonds. The van der Waals surface area contributed by atoms with Crippen LogP contribution in [0.25, 0.3) is 11.3 Å². The van der Waals surface area contributed by atoms with Crippen LogP contribution >= 0.6 is 0 Å². The van der Waals surface area contributed by atoms with Crippen LogP contribution in [0.1, 0.15) is 5.69 Å². The number of methoxy groups -OCH3 is 2. The van der Waals surface area contributed by atoms with Crippen molar-refractivity contribution >= 4 is 0 Å². The van der Waals surface area contributed by atoms with Crippen molar-refractivity contribution < 1.29 is 9.47 Å². The zero-order valence-electron chi connectivity index (χ0n) is 9.57. The number of benzene rings is 1. The highest BCUT2D eigenvalue weighted by Crippen LogP contribution is 2.31. The third-order valence-electron chi connectivity index (χ3n) is 2.39. The molecule has 0 radical (unpaired) electrons. The summed E-state index contributed by atoms with van der Waals surface area (Å²) in [5, 5.41) is 7.11. The molecule has 0 bridgehead atoms. The van der Waals surface area contributed by atoms with E-state index in [0.29, 0.717) is 5.75 Å². The Morgan fingerprint density at radius 3 is 2.38 bits per heavy atom. The number of aryl methyl sites for hydroxylation is 1. The molecular weight excluding hydrogens is 204 g/mol. The SMILES string of the molecule is COc1ccc(-c2cc(C)[nH]n2)cc1OC. The number of aromatic amines is 1. The number of hydrogen-bond acceptors (Lipinski definition) is 3. The second kappa shape index (κ2) is 4.26. The maximum absolute atomic E-state index is 5.24. The molecule has 0 spiro atoms. The van der Waals surface area contributed by atoms with Gasteiger partial charge in [0.15, 0.2) is 11.5 Å². The fourth-order valence-electron chi connectivity index (χ4n) is 1.56. The molecule has 0 unspecified atom stereocenters. The summed E-state index contributed by atoms with van der Waals surface area (Å²) < 4.78 is 10.4. The van der Waals surface area contributed by atoms with E-state index in [1.807, 2.05) is 31.2 Å². The van der Waals surface area contributed by atoms with Crippen LogP contribution in [0.15, 0.2) is 24.3 Å². The minimum atomic E-state index is 0.709. The number of hydrogen-bond donors (Lipinski definition) is 1. The van der Waals surface area contributed by atoms with Gasteiger partial charge in [-0.15, -0.1) is 0 Å². The van der Waals surface area contributed by atoms with Crippen molar-refractivity contribution in [1.82, 2.24) is 10.2 Å². The standard InChI is InChI=1S/C12H14N2O2/c1-8-6-10(14-13-8)9-4-5-11(15-2)12(7-9)16-3/h4-7H,1-3H3,(H,13,14). The molecule has 1 aromatic carbocycles. The molecule has 16 heavy (non-hydrogen) atoms. The average molecular weight is 218 g/mol. The third-order valence-corrected chi connectivity index (χ3v) is 2.39. The maximum Gasteiger partial charge on any atom is 0.161 e. The highest BCUT2D eigenvalue weighted by atomic mass is 16.5. The van der Waals surface area contributed by atoms with Gasteiger partial charge >= 0.3 is 0 Å².